The van der Waals surface area contributed by atoms with Crippen LogP contribution < -0.4 is 0 Å². The zero-order valence-corrected chi connectivity index (χ0v) is 17.9. The van der Waals surface area contributed by atoms with E-state index in [-0.39, 0.29) is 10.8 Å². The van der Waals surface area contributed by atoms with Crippen molar-refractivity contribution in [2.45, 2.75) is 23.7 Å². The molecular weight excluding hydrogens is 466 g/mol. The van der Waals surface area contributed by atoms with Crippen LogP contribution in [0.5, 0.6) is 0 Å². The lowest BCUT2D eigenvalue weighted by Gasteiger charge is -2.30. The third kappa shape index (κ3) is 4.00. The zero-order valence-electron chi connectivity index (χ0n) is 14.8. The Bertz CT molecular complexity index is 1090. The average Bonchev–Trinajstić information content (AvgIpc) is 3.19. The zero-order chi connectivity index (χ0) is 19.7. The van der Waals surface area contributed by atoms with Crippen molar-refractivity contribution >= 4 is 37.6 Å². The number of sulfonamides is 1. The van der Waals surface area contributed by atoms with Crippen molar-refractivity contribution in [1.29, 1.82) is 0 Å². The molecule has 9 heteroatoms. The SMILES string of the molecule is O=S(=O)(c1ccc(Br)cc1)N1CCC[C@H](c2nc(-c3cccc(Cl)c3)no2)C1. The second-order valence-electron chi connectivity index (χ2n) is 6.62. The third-order valence-corrected chi connectivity index (χ3v) is 7.35. The molecule has 1 atom stereocenters. The minimum atomic E-state index is -3.57. The molecule has 2 heterocycles. The molecule has 0 spiro atoms. The van der Waals surface area contributed by atoms with Crippen molar-refractivity contribution in [3.8, 4) is 11.4 Å². The smallest absolute Gasteiger partial charge is 0.243 e. The number of piperidine rings is 1. The highest BCUT2D eigenvalue weighted by molar-refractivity contribution is 9.10. The Balaban J connectivity index is 1.55. The molecule has 0 saturated carbocycles. The van der Waals surface area contributed by atoms with Gasteiger partial charge in [0.25, 0.3) is 0 Å². The van der Waals surface area contributed by atoms with E-state index in [1.54, 1.807) is 36.4 Å². The summed E-state index contributed by atoms with van der Waals surface area (Å²) in [6, 6.07) is 13.9. The van der Waals surface area contributed by atoms with Gasteiger partial charge in [-0.05, 0) is 49.2 Å². The maximum atomic E-state index is 13.0. The fourth-order valence-electron chi connectivity index (χ4n) is 3.26. The fraction of sp³-hybridized carbons (Fsp3) is 0.263. The van der Waals surface area contributed by atoms with Gasteiger partial charge >= 0.3 is 0 Å². The molecule has 1 aliphatic rings. The molecule has 1 fully saturated rings. The van der Waals surface area contributed by atoms with E-state index in [1.807, 2.05) is 12.1 Å². The number of hydrogen-bond acceptors (Lipinski definition) is 5. The highest BCUT2D eigenvalue weighted by atomic mass is 79.9. The van der Waals surface area contributed by atoms with E-state index in [0.29, 0.717) is 29.8 Å². The van der Waals surface area contributed by atoms with Gasteiger partial charge in [-0.2, -0.15) is 9.29 Å². The van der Waals surface area contributed by atoms with Crippen molar-refractivity contribution in [2.75, 3.05) is 13.1 Å². The lowest BCUT2D eigenvalue weighted by molar-refractivity contribution is 0.265. The number of benzene rings is 2. The monoisotopic (exact) mass is 481 g/mol. The molecule has 0 unspecified atom stereocenters. The summed E-state index contributed by atoms with van der Waals surface area (Å²) in [4.78, 5) is 4.76. The Morgan fingerprint density at radius 2 is 1.96 bits per heavy atom. The van der Waals surface area contributed by atoms with Gasteiger partial charge in [-0.15, -0.1) is 0 Å². The normalized spacial score (nSPS) is 18.3. The molecular formula is C19H17BrClN3O3S. The Morgan fingerprint density at radius 3 is 2.71 bits per heavy atom. The van der Waals surface area contributed by atoms with Crippen molar-refractivity contribution in [3.05, 3.63) is 63.9 Å². The molecule has 0 aliphatic carbocycles. The second kappa shape index (κ2) is 7.94. The van der Waals surface area contributed by atoms with Crippen molar-refractivity contribution < 1.29 is 12.9 Å². The van der Waals surface area contributed by atoms with Crippen LogP contribution in [-0.2, 0) is 10.0 Å². The summed E-state index contributed by atoms with van der Waals surface area (Å²) < 4.78 is 33.7. The average molecular weight is 483 g/mol. The summed E-state index contributed by atoms with van der Waals surface area (Å²) in [7, 11) is -3.57. The van der Waals surface area contributed by atoms with Gasteiger partial charge in [0.05, 0.1) is 10.8 Å². The van der Waals surface area contributed by atoms with E-state index in [9.17, 15) is 8.42 Å². The first kappa shape index (κ1) is 19.6. The molecule has 0 radical (unpaired) electrons. The van der Waals surface area contributed by atoms with E-state index in [2.05, 4.69) is 26.1 Å². The maximum absolute atomic E-state index is 13.0. The topological polar surface area (TPSA) is 76.3 Å². The molecule has 1 aromatic heterocycles. The summed E-state index contributed by atoms with van der Waals surface area (Å²) in [5, 5.41) is 4.63. The van der Waals surface area contributed by atoms with Crippen LogP contribution in [-0.4, -0.2) is 36.0 Å². The van der Waals surface area contributed by atoms with Crippen LogP contribution in [0.1, 0.15) is 24.7 Å². The van der Waals surface area contributed by atoms with Crippen LogP contribution in [0.2, 0.25) is 5.02 Å². The quantitative estimate of drug-likeness (QED) is 0.538. The molecule has 1 saturated heterocycles. The largest absolute Gasteiger partial charge is 0.339 e. The van der Waals surface area contributed by atoms with Crippen molar-refractivity contribution in [2.24, 2.45) is 0 Å². The lowest BCUT2D eigenvalue weighted by atomic mass is 10.00. The van der Waals surface area contributed by atoms with Gasteiger partial charge < -0.3 is 4.52 Å². The van der Waals surface area contributed by atoms with Gasteiger partial charge in [-0.1, -0.05) is 44.8 Å². The Labute approximate surface area is 176 Å². The Hall–Kier alpha value is -1.74. The summed E-state index contributed by atoms with van der Waals surface area (Å²) in [6.07, 6.45) is 1.53. The fourth-order valence-corrected chi connectivity index (χ4v) is 5.24. The molecule has 146 valence electrons. The van der Waals surface area contributed by atoms with Gasteiger partial charge in [-0.25, -0.2) is 8.42 Å². The van der Waals surface area contributed by atoms with Crippen LogP contribution >= 0.6 is 27.5 Å². The third-order valence-electron chi connectivity index (χ3n) is 4.71. The van der Waals surface area contributed by atoms with Gasteiger partial charge in [0.15, 0.2) is 0 Å². The molecule has 1 aliphatic heterocycles. The van der Waals surface area contributed by atoms with Crippen molar-refractivity contribution in [1.82, 2.24) is 14.4 Å². The van der Waals surface area contributed by atoms with E-state index < -0.39 is 10.0 Å². The summed E-state index contributed by atoms with van der Waals surface area (Å²) in [6.45, 7) is 0.791. The number of nitrogens with zero attached hydrogens (tertiary/aromatic N) is 3. The first-order chi connectivity index (χ1) is 13.4. The molecule has 2 aromatic carbocycles. The van der Waals surface area contributed by atoms with Gasteiger partial charge in [-0.3, -0.25) is 0 Å². The van der Waals surface area contributed by atoms with Crippen LogP contribution in [0, 0.1) is 0 Å². The molecule has 0 N–H and O–H groups in total. The van der Waals surface area contributed by atoms with E-state index in [4.69, 9.17) is 16.1 Å². The number of halogens is 2. The van der Waals surface area contributed by atoms with Crippen LogP contribution in [0.15, 0.2) is 62.4 Å². The van der Waals surface area contributed by atoms with Gasteiger partial charge in [0.2, 0.25) is 21.7 Å². The lowest BCUT2D eigenvalue weighted by Crippen LogP contribution is -2.39. The number of hydrogen-bond donors (Lipinski definition) is 0. The standard InChI is InChI=1S/C19H17BrClN3O3S/c20-15-6-8-17(9-7-15)28(25,26)24-10-2-4-14(12-24)19-22-18(23-27-19)13-3-1-5-16(21)11-13/h1,3,5-9,11,14H,2,4,10,12H2/t14-/m0/s1. The molecule has 0 amide bonds. The predicted molar refractivity (Wildman–Crippen MR) is 110 cm³/mol. The maximum Gasteiger partial charge on any atom is 0.243 e. The highest BCUT2D eigenvalue weighted by Gasteiger charge is 2.33. The highest BCUT2D eigenvalue weighted by Crippen LogP contribution is 2.31. The number of aromatic nitrogens is 2. The van der Waals surface area contributed by atoms with Crippen LogP contribution in [0.25, 0.3) is 11.4 Å². The molecule has 4 rings (SSSR count). The first-order valence-electron chi connectivity index (χ1n) is 8.79. The minimum absolute atomic E-state index is 0.139. The second-order valence-corrected chi connectivity index (χ2v) is 9.91. The van der Waals surface area contributed by atoms with Gasteiger partial charge in [0, 0.05) is 28.1 Å². The molecule has 28 heavy (non-hydrogen) atoms. The predicted octanol–water partition coefficient (Wildman–Crippen LogP) is 4.72. The molecule has 6 nitrogen and oxygen atoms in total. The first-order valence-corrected chi connectivity index (χ1v) is 11.4. The number of rotatable bonds is 4. The van der Waals surface area contributed by atoms with Crippen molar-refractivity contribution in [3.63, 3.8) is 0 Å². The molecule has 0 bridgehead atoms. The Kier molecular flexibility index (Phi) is 5.55. The summed E-state index contributed by atoms with van der Waals surface area (Å²) in [5.74, 6) is 0.760. The minimum Gasteiger partial charge on any atom is -0.339 e. The van der Waals surface area contributed by atoms with Crippen LogP contribution in [0.3, 0.4) is 0 Å². The van der Waals surface area contributed by atoms with Crippen LogP contribution in [0.4, 0.5) is 0 Å². The summed E-state index contributed by atoms with van der Waals surface area (Å²) >= 11 is 9.36. The summed E-state index contributed by atoms with van der Waals surface area (Å²) in [5.41, 5.74) is 0.762. The Morgan fingerprint density at radius 1 is 1.18 bits per heavy atom. The van der Waals surface area contributed by atoms with Gasteiger partial charge in [0.1, 0.15) is 0 Å². The van der Waals surface area contributed by atoms with E-state index in [1.165, 1.54) is 4.31 Å². The van der Waals surface area contributed by atoms with E-state index >= 15 is 0 Å². The van der Waals surface area contributed by atoms with E-state index in [0.717, 1.165) is 22.9 Å². The molecule has 3 aromatic rings.